The Kier molecular flexibility index (Phi) is 3.91. The molecular weight excluding hydrogens is 382 g/mol. The van der Waals surface area contributed by atoms with E-state index in [0.717, 1.165) is 45.2 Å². The number of methoxy groups -OCH3 is 1. The van der Waals surface area contributed by atoms with E-state index in [9.17, 15) is 9.59 Å². The highest BCUT2D eigenvalue weighted by molar-refractivity contribution is 5.78. The number of carbonyl (C=O) groups is 2. The van der Waals surface area contributed by atoms with Crippen molar-refractivity contribution in [2.24, 2.45) is 34.5 Å². The molecule has 3 aliphatic heterocycles. The number of carbonyl (C=O) groups excluding carboxylic acids is 2. The normalized spacial score (nSPS) is 55.7. The first-order valence-corrected chi connectivity index (χ1v) is 12.0. The molecule has 5 unspecified atom stereocenters. The summed E-state index contributed by atoms with van der Waals surface area (Å²) >= 11 is 0. The van der Waals surface area contributed by atoms with E-state index in [1.165, 1.54) is 13.3 Å². The summed E-state index contributed by atoms with van der Waals surface area (Å²) in [5.74, 6) is 0.126. The van der Waals surface area contributed by atoms with Crippen LogP contribution in [0.4, 0.5) is 0 Å². The molecule has 1 spiro atoms. The molecule has 0 N–H and O–H groups in total. The van der Waals surface area contributed by atoms with Gasteiger partial charge in [-0.3, -0.25) is 14.5 Å². The van der Waals surface area contributed by atoms with Crippen molar-refractivity contribution < 1.29 is 23.8 Å². The minimum Gasteiger partial charge on any atom is -0.462 e. The van der Waals surface area contributed by atoms with Crippen molar-refractivity contribution in [3.05, 3.63) is 0 Å². The maximum absolute atomic E-state index is 13.4. The van der Waals surface area contributed by atoms with E-state index in [1.54, 1.807) is 0 Å². The molecule has 7 aliphatic rings. The van der Waals surface area contributed by atoms with Crippen molar-refractivity contribution in [1.82, 2.24) is 4.90 Å². The minimum absolute atomic E-state index is 0.0446. The molecule has 9 bridgehead atoms. The zero-order valence-electron chi connectivity index (χ0n) is 18.7. The Morgan fingerprint density at radius 2 is 2.03 bits per heavy atom. The molecule has 0 aromatic rings. The Morgan fingerprint density at radius 3 is 2.73 bits per heavy atom. The van der Waals surface area contributed by atoms with Gasteiger partial charge in [0.2, 0.25) is 0 Å². The fourth-order valence-corrected chi connectivity index (χ4v) is 9.96. The molecule has 0 aromatic carbocycles. The Balaban J connectivity index is 1.63. The molecule has 7 fully saturated rings. The summed E-state index contributed by atoms with van der Waals surface area (Å²) in [6.45, 7) is 8.33. The largest absolute Gasteiger partial charge is 0.462 e. The highest BCUT2D eigenvalue weighted by Gasteiger charge is 2.82. The molecule has 10 atom stereocenters. The lowest BCUT2D eigenvalue weighted by molar-refractivity contribution is -0.271. The second kappa shape index (κ2) is 6.00. The van der Waals surface area contributed by atoms with Crippen molar-refractivity contribution in [3.63, 3.8) is 0 Å². The maximum atomic E-state index is 13.4. The standard InChI is InChI=1S/C24H35NO5/c1-5-25-12-22(3)8-7-18(28-4)24-15-10-14-6-9-23(30-13(2)26,19(15)21(27)29-14)16(20(24)25)11-17(22)24/h14-20H,5-12H2,1-4H3/t14?,15-,16?,17-,18?,19-,20?,22+,23-,24?/m1/s1. The first-order chi connectivity index (χ1) is 14.3. The second-order valence-corrected chi connectivity index (χ2v) is 11.3. The number of ether oxygens (including phenoxy) is 3. The Hall–Kier alpha value is -1.14. The molecule has 0 amide bonds. The number of rotatable bonds is 3. The number of hydrogen-bond donors (Lipinski definition) is 0. The third-order valence-corrected chi connectivity index (χ3v) is 10.5. The van der Waals surface area contributed by atoms with Crippen LogP contribution in [-0.4, -0.2) is 60.9 Å². The zero-order valence-corrected chi connectivity index (χ0v) is 18.7. The third kappa shape index (κ3) is 2.00. The summed E-state index contributed by atoms with van der Waals surface area (Å²) in [5.41, 5.74) is -0.538. The van der Waals surface area contributed by atoms with Gasteiger partial charge in [-0.2, -0.15) is 0 Å². The monoisotopic (exact) mass is 417 g/mol. The molecule has 6 nitrogen and oxygen atoms in total. The molecule has 30 heavy (non-hydrogen) atoms. The van der Waals surface area contributed by atoms with E-state index in [1.807, 2.05) is 7.11 Å². The maximum Gasteiger partial charge on any atom is 0.313 e. The number of piperidine rings is 1. The summed E-state index contributed by atoms with van der Waals surface area (Å²) in [7, 11) is 1.86. The lowest BCUT2D eigenvalue weighted by Gasteiger charge is -2.69. The Labute approximate surface area is 179 Å². The molecule has 166 valence electrons. The van der Waals surface area contributed by atoms with Crippen LogP contribution >= 0.6 is 0 Å². The van der Waals surface area contributed by atoms with Crippen molar-refractivity contribution in [3.8, 4) is 0 Å². The lowest BCUT2D eigenvalue weighted by Crippen LogP contribution is -2.76. The topological polar surface area (TPSA) is 65.1 Å². The quantitative estimate of drug-likeness (QED) is 0.658. The predicted molar refractivity (Wildman–Crippen MR) is 108 cm³/mol. The van der Waals surface area contributed by atoms with Gasteiger partial charge in [-0.05, 0) is 62.3 Å². The summed E-state index contributed by atoms with van der Waals surface area (Å²) in [6.07, 6.45) is 5.83. The SMILES string of the molecule is CCN1C[C@]2(C)CCC(OC)C34C1C(C[C@@H]32)[C@]1(OC(C)=O)CCC2C[C@@H]4[C@@H]1C(=O)O2. The van der Waals surface area contributed by atoms with Gasteiger partial charge < -0.3 is 14.2 Å². The number of esters is 2. The highest BCUT2D eigenvalue weighted by Crippen LogP contribution is 2.77. The average molecular weight is 418 g/mol. The molecular formula is C24H35NO5. The number of likely N-dealkylation sites (tertiary alicyclic amines) is 1. The summed E-state index contributed by atoms with van der Waals surface area (Å²) < 4.78 is 18.5. The van der Waals surface area contributed by atoms with Gasteiger partial charge in [0.25, 0.3) is 0 Å². The molecule has 3 saturated heterocycles. The van der Waals surface area contributed by atoms with Crippen LogP contribution in [-0.2, 0) is 23.8 Å². The average Bonchev–Trinajstić information content (AvgIpc) is 2.75. The van der Waals surface area contributed by atoms with E-state index in [4.69, 9.17) is 14.2 Å². The molecule has 0 radical (unpaired) electrons. The van der Waals surface area contributed by atoms with Crippen LogP contribution in [0.3, 0.4) is 0 Å². The summed E-state index contributed by atoms with van der Waals surface area (Å²) in [6, 6.07) is 0.316. The van der Waals surface area contributed by atoms with Gasteiger partial charge >= 0.3 is 11.9 Å². The second-order valence-electron chi connectivity index (χ2n) is 11.3. The van der Waals surface area contributed by atoms with Crippen LogP contribution in [0.15, 0.2) is 0 Å². The van der Waals surface area contributed by atoms with Gasteiger partial charge in [0, 0.05) is 38.0 Å². The van der Waals surface area contributed by atoms with E-state index >= 15 is 0 Å². The first kappa shape index (κ1) is 19.5. The number of hydrogen-bond acceptors (Lipinski definition) is 6. The van der Waals surface area contributed by atoms with Crippen LogP contribution in [0.2, 0.25) is 0 Å². The van der Waals surface area contributed by atoms with Crippen molar-refractivity contribution in [2.75, 3.05) is 20.2 Å². The van der Waals surface area contributed by atoms with E-state index in [2.05, 4.69) is 18.7 Å². The molecule has 7 rings (SSSR count). The summed E-state index contributed by atoms with van der Waals surface area (Å²) in [4.78, 5) is 28.5. The van der Waals surface area contributed by atoms with E-state index in [0.29, 0.717) is 12.0 Å². The van der Waals surface area contributed by atoms with Crippen LogP contribution < -0.4 is 0 Å². The molecule has 6 heteroatoms. The van der Waals surface area contributed by atoms with Crippen molar-refractivity contribution in [1.29, 1.82) is 0 Å². The first-order valence-electron chi connectivity index (χ1n) is 12.0. The van der Waals surface area contributed by atoms with Crippen molar-refractivity contribution >= 4 is 11.9 Å². The predicted octanol–water partition coefficient (Wildman–Crippen LogP) is 2.79. The lowest BCUT2D eigenvalue weighted by atomic mass is 9.42. The van der Waals surface area contributed by atoms with Gasteiger partial charge in [-0.15, -0.1) is 0 Å². The minimum atomic E-state index is -0.719. The Morgan fingerprint density at radius 1 is 1.23 bits per heavy atom. The third-order valence-electron chi connectivity index (χ3n) is 10.5. The van der Waals surface area contributed by atoms with E-state index in [-0.39, 0.29) is 52.7 Å². The van der Waals surface area contributed by atoms with Gasteiger partial charge in [0.1, 0.15) is 17.6 Å². The molecule has 0 aromatic heterocycles. The van der Waals surface area contributed by atoms with Crippen LogP contribution in [0.5, 0.6) is 0 Å². The van der Waals surface area contributed by atoms with Crippen LogP contribution in [0.25, 0.3) is 0 Å². The number of fused-ring (bicyclic) bond motifs is 2. The van der Waals surface area contributed by atoms with Gasteiger partial charge in [0.15, 0.2) is 0 Å². The highest BCUT2D eigenvalue weighted by atomic mass is 16.6. The van der Waals surface area contributed by atoms with Crippen molar-refractivity contribution in [2.45, 2.75) is 83.1 Å². The van der Waals surface area contributed by atoms with Crippen LogP contribution in [0, 0.1) is 34.5 Å². The van der Waals surface area contributed by atoms with E-state index < -0.39 is 5.60 Å². The summed E-state index contributed by atoms with van der Waals surface area (Å²) in [5, 5.41) is 0. The molecule has 4 aliphatic carbocycles. The smallest absolute Gasteiger partial charge is 0.313 e. The fourth-order valence-electron chi connectivity index (χ4n) is 9.96. The fraction of sp³-hybridized carbons (Fsp3) is 0.917. The number of nitrogens with zero attached hydrogens (tertiary/aromatic N) is 1. The Bertz CT molecular complexity index is 800. The van der Waals surface area contributed by atoms with Crippen LogP contribution in [0.1, 0.15) is 59.3 Å². The van der Waals surface area contributed by atoms with Gasteiger partial charge in [0.05, 0.1) is 6.10 Å². The van der Waals surface area contributed by atoms with Gasteiger partial charge in [-0.25, -0.2) is 0 Å². The van der Waals surface area contributed by atoms with Gasteiger partial charge in [-0.1, -0.05) is 13.8 Å². The molecule has 3 heterocycles. The zero-order chi connectivity index (χ0) is 21.1. The molecule has 4 saturated carbocycles.